The fourth-order valence-corrected chi connectivity index (χ4v) is 4.75. The molecule has 1 aromatic carbocycles. The van der Waals surface area contributed by atoms with Gasteiger partial charge in [0.25, 0.3) is 11.4 Å². The molecule has 0 unspecified atom stereocenters. The lowest BCUT2D eigenvalue weighted by molar-refractivity contribution is -0.393. The van der Waals surface area contributed by atoms with Crippen molar-refractivity contribution in [3.05, 3.63) is 38.4 Å². The number of hydrogen-bond acceptors (Lipinski definition) is 12. The van der Waals surface area contributed by atoms with Gasteiger partial charge in [-0.1, -0.05) is 0 Å². The van der Waals surface area contributed by atoms with E-state index in [2.05, 4.69) is 21.3 Å². The summed E-state index contributed by atoms with van der Waals surface area (Å²) in [6.07, 6.45) is 3.99. The number of rotatable bonds is 22. The Morgan fingerprint density at radius 1 is 0.771 bits per heavy atom. The maximum absolute atomic E-state index is 12.3. The van der Waals surface area contributed by atoms with Gasteiger partial charge in [-0.05, 0) is 65.4 Å². The summed E-state index contributed by atoms with van der Waals surface area (Å²) in [5.41, 5.74) is -1.04. The van der Waals surface area contributed by atoms with Crippen molar-refractivity contribution in [1.82, 2.24) is 16.0 Å². The summed E-state index contributed by atoms with van der Waals surface area (Å²) in [4.78, 5) is 56.9. The minimum atomic E-state index is -0.681. The second-order valence-electron chi connectivity index (χ2n) is 12.3. The highest BCUT2D eigenvalue weighted by molar-refractivity contribution is 5.83. The predicted molar refractivity (Wildman–Crippen MR) is 176 cm³/mol. The molecule has 0 atom stereocenters. The third kappa shape index (κ3) is 17.7. The molecule has 1 aromatic rings. The Hall–Kier alpha value is -4.09. The fraction of sp³-hybridized carbons (Fsp3) is 0.710. The smallest absolute Gasteiger partial charge is 0.407 e. The van der Waals surface area contributed by atoms with Crippen LogP contribution in [0, 0.1) is 20.2 Å². The van der Waals surface area contributed by atoms with Crippen LogP contribution in [-0.2, 0) is 28.5 Å². The second kappa shape index (κ2) is 21.7. The number of anilines is 1. The molecule has 1 aliphatic carbocycles. The molecule has 0 bridgehead atoms. The topological polar surface area (TPSA) is 223 Å². The van der Waals surface area contributed by atoms with Crippen LogP contribution in [0.3, 0.4) is 0 Å². The molecule has 48 heavy (non-hydrogen) atoms. The van der Waals surface area contributed by atoms with Gasteiger partial charge in [-0.2, -0.15) is 0 Å². The van der Waals surface area contributed by atoms with Crippen molar-refractivity contribution in [1.29, 1.82) is 0 Å². The highest BCUT2D eigenvalue weighted by Gasteiger charge is 2.25. The molecule has 0 aliphatic heterocycles. The number of amides is 3. The van der Waals surface area contributed by atoms with Gasteiger partial charge in [0.1, 0.15) is 11.3 Å². The van der Waals surface area contributed by atoms with Gasteiger partial charge < -0.3 is 40.2 Å². The van der Waals surface area contributed by atoms with Crippen molar-refractivity contribution in [2.75, 3.05) is 58.0 Å². The van der Waals surface area contributed by atoms with Gasteiger partial charge in [0.15, 0.2) is 0 Å². The van der Waals surface area contributed by atoms with Crippen LogP contribution in [0.2, 0.25) is 0 Å². The molecule has 0 saturated heterocycles. The van der Waals surface area contributed by atoms with Crippen LogP contribution < -0.4 is 21.3 Å². The molecule has 3 amide bonds. The van der Waals surface area contributed by atoms with Crippen LogP contribution in [0.5, 0.6) is 0 Å². The van der Waals surface area contributed by atoms with Gasteiger partial charge in [-0.3, -0.25) is 29.8 Å². The lowest BCUT2D eigenvalue weighted by Crippen LogP contribution is -2.45. The highest BCUT2D eigenvalue weighted by Crippen LogP contribution is 2.28. The van der Waals surface area contributed by atoms with Gasteiger partial charge in [-0.15, -0.1) is 0 Å². The first-order valence-electron chi connectivity index (χ1n) is 16.3. The van der Waals surface area contributed by atoms with Gasteiger partial charge in [0, 0.05) is 57.3 Å². The largest absolute Gasteiger partial charge is 0.444 e. The Kier molecular flexibility index (Phi) is 18.1. The van der Waals surface area contributed by atoms with E-state index < -0.39 is 21.5 Å². The van der Waals surface area contributed by atoms with E-state index in [-0.39, 0.29) is 53.8 Å². The molecule has 1 fully saturated rings. The van der Waals surface area contributed by atoms with E-state index in [0.29, 0.717) is 65.6 Å². The number of non-ortho nitro benzene ring substituents is 1. The number of alkyl carbamates (subject to hydrolysis) is 1. The molecule has 0 radical (unpaired) electrons. The quantitative estimate of drug-likeness (QED) is 0.0783. The zero-order valence-corrected chi connectivity index (χ0v) is 28.1. The maximum Gasteiger partial charge on any atom is 0.407 e. The molecule has 17 nitrogen and oxygen atoms in total. The number of hydrogen-bond donors (Lipinski definition) is 4. The number of nitro benzene ring substituents is 2. The number of nitrogens with zero attached hydrogens (tertiary/aromatic N) is 2. The highest BCUT2D eigenvalue weighted by atomic mass is 16.6. The molecule has 2 rings (SSSR count). The first-order valence-corrected chi connectivity index (χ1v) is 16.3. The van der Waals surface area contributed by atoms with Crippen molar-refractivity contribution in [2.24, 2.45) is 0 Å². The maximum atomic E-state index is 12.3. The Balaban J connectivity index is 1.37. The van der Waals surface area contributed by atoms with Gasteiger partial charge in [0.2, 0.25) is 11.8 Å². The molecule has 4 N–H and O–H groups in total. The summed E-state index contributed by atoms with van der Waals surface area (Å²) in [5, 5.41) is 33.5. The van der Waals surface area contributed by atoms with E-state index in [1.807, 2.05) is 20.8 Å². The zero-order chi connectivity index (χ0) is 35.4. The van der Waals surface area contributed by atoms with Gasteiger partial charge >= 0.3 is 6.09 Å². The number of benzene rings is 1. The van der Waals surface area contributed by atoms with E-state index in [9.17, 15) is 34.6 Å². The summed E-state index contributed by atoms with van der Waals surface area (Å²) in [6, 6.07) is 3.51. The lowest BCUT2D eigenvalue weighted by atomic mass is 9.91. The average Bonchev–Trinajstić information content (AvgIpc) is 3.01. The van der Waals surface area contributed by atoms with Crippen molar-refractivity contribution < 1.29 is 43.2 Å². The number of carbonyl (C=O) groups is 3. The zero-order valence-electron chi connectivity index (χ0n) is 28.1. The standard InChI is InChI=1S/C31H50N6O11/c1-31(2,3)48-30(40)35-24-8-6-23(7-9-24)34-29(39)13-12-28(38)33-15-5-17-46-19-21-47-20-18-45-16-4-14-32-26-11-10-25(36(41)42)22-27(26)37(43)44/h10-11,22-24,32H,4-9,12-21H2,1-3H3,(H,33,38)(H,34,39)(H,35,40). The van der Waals surface area contributed by atoms with E-state index in [1.54, 1.807) is 0 Å². The SMILES string of the molecule is CC(C)(C)OC(=O)NC1CCC(NC(=O)CCC(=O)NCCCOCCOCCOCCCNc2ccc([N+](=O)[O-])cc2[N+](=O)[O-])CC1. The number of ether oxygens (including phenoxy) is 4. The van der Waals surface area contributed by atoms with Crippen LogP contribution in [0.15, 0.2) is 18.2 Å². The van der Waals surface area contributed by atoms with Crippen molar-refractivity contribution in [3.8, 4) is 0 Å². The number of nitro groups is 2. The van der Waals surface area contributed by atoms with Crippen molar-refractivity contribution >= 4 is 35.0 Å². The van der Waals surface area contributed by atoms with Crippen LogP contribution in [0.1, 0.15) is 72.1 Å². The monoisotopic (exact) mass is 682 g/mol. The Morgan fingerprint density at radius 2 is 1.31 bits per heavy atom. The first-order chi connectivity index (χ1) is 22.8. The molecule has 1 saturated carbocycles. The van der Waals surface area contributed by atoms with Crippen LogP contribution in [0.4, 0.5) is 21.9 Å². The summed E-state index contributed by atoms with van der Waals surface area (Å²) in [5.74, 6) is -0.352. The second-order valence-corrected chi connectivity index (χ2v) is 12.3. The summed E-state index contributed by atoms with van der Waals surface area (Å²) < 4.78 is 21.7. The summed E-state index contributed by atoms with van der Waals surface area (Å²) in [7, 11) is 0. The predicted octanol–water partition coefficient (Wildman–Crippen LogP) is 3.59. The average molecular weight is 683 g/mol. The normalized spacial score (nSPS) is 16.1. The minimum absolute atomic E-state index is 0.0265. The fourth-order valence-electron chi connectivity index (χ4n) is 4.75. The molecule has 0 spiro atoms. The number of carbonyl (C=O) groups excluding carboxylic acids is 3. The summed E-state index contributed by atoms with van der Waals surface area (Å²) >= 11 is 0. The molecule has 1 aliphatic rings. The van der Waals surface area contributed by atoms with E-state index in [1.165, 1.54) is 12.1 Å². The van der Waals surface area contributed by atoms with Crippen LogP contribution in [0.25, 0.3) is 0 Å². The molecular formula is C31H50N6O11. The minimum Gasteiger partial charge on any atom is -0.444 e. The molecule has 270 valence electrons. The molecule has 0 aromatic heterocycles. The Morgan fingerprint density at radius 3 is 1.88 bits per heavy atom. The third-order valence-electron chi connectivity index (χ3n) is 7.09. The van der Waals surface area contributed by atoms with Crippen LogP contribution >= 0.6 is 0 Å². The van der Waals surface area contributed by atoms with Crippen molar-refractivity contribution in [2.45, 2.75) is 89.8 Å². The lowest BCUT2D eigenvalue weighted by Gasteiger charge is -2.30. The molecule has 17 heteroatoms. The Labute approximate surface area is 280 Å². The van der Waals surface area contributed by atoms with Gasteiger partial charge in [0.05, 0.1) is 42.3 Å². The first kappa shape index (κ1) is 40.1. The molecule has 0 heterocycles. The van der Waals surface area contributed by atoms with E-state index in [4.69, 9.17) is 18.9 Å². The van der Waals surface area contributed by atoms with Crippen LogP contribution in [-0.4, -0.2) is 98.2 Å². The van der Waals surface area contributed by atoms with E-state index >= 15 is 0 Å². The van der Waals surface area contributed by atoms with E-state index in [0.717, 1.165) is 31.7 Å². The van der Waals surface area contributed by atoms with Gasteiger partial charge in [-0.25, -0.2) is 4.79 Å². The van der Waals surface area contributed by atoms with Crippen molar-refractivity contribution in [3.63, 3.8) is 0 Å². The number of nitrogens with one attached hydrogen (secondary N) is 4. The molecular weight excluding hydrogens is 632 g/mol. The third-order valence-corrected chi connectivity index (χ3v) is 7.09. The summed E-state index contributed by atoms with van der Waals surface area (Å²) in [6.45, 7) is 8.66. The Bertz CT molecular complexity index is 1190.